The molecule has 1 unspecified atom stereocenters. The SMILES string of the molecule is CC(C)C(N)C(=O)N(C)c1cccc(F)c1. The molecule has 3 nitrogen and oxygen atoms in total. The molecule has 0 saturated heterocycles. The fourth-order valence-electron chi connectivity index (χ4n) is 1.32. The number of carbonyl (C=O) groups excluding carboxylic acids is 1. The van der Waals surface area contributed by atoms with Gasteiger partial charge < -0.3 is 10.6 Å². The Morgan fingerprint density at radius 2 is 2.06 bits per heavy atom. The molecule has 1 aromatic rings. The van der Waals surface area contributed by atoms with Crippen molar-refractivity contribution < 1.29 is 9.18 Å². The van der Waals surface area contributed by atoms with Crippen LogP contribution in [0.15, 0.2) is 24.3 Å². The highest BCUT2D eigenvalue weighted by molar-refractivity contribution is 5.96. The van der Waals surface area contributed by atoms with Crippen molar-refractivity contribution in [2.45, 2.75) is 19.9 Å². The molecule has 1 atom stereocenters. The summed E-state index contributed by atoms with van der Waals surface area (Å²) in [4.78, 5) is 13.3. The van der Waals surface area contributed by atoms with E-state index in [1.54, 1.807) is 19.2 Å². The molecule has 0 aromatic heterocycles. The third kappa shape index (κ3) is 2.79. The van der Waals surface area contributed by atoms with Crippen LogP contribution in [-0.4, -0.2) is 19.0 Å². The van der Waals surface area contributed by atoms with Crippen LogP contribution < -0.4 is 10.6 Å². The molecule has 16 heavy (non-hydrogen) atoms. The lowest BCUT2D eigenvalue weighted by Crippen LogP contribution is -2.45. The number of benzene rings is 1. The van der Waals surface area contributed by atoms with Crippen molar-refractivity contribution in [3.8, 4) is 0 Å². The Morgan fingerprint density at radius 3 is 2.56 bits per heavy atom. The highest BCUT2D eigenvalue weighted by Crippen LogP contribution is 2.15. The Kier molecular flexibility index (Phi) is 4.01. The molecule has 0 saturated carbocycles. The van der Waals surface area contributed by atoms with Crippen molar-refractivity contribution >= 4 is 11.6 Å². The fraction of sp³-hybridized carbons (Fsp3) is 0.417. The molecule has 0 aliphatic carbocycles. The number of nitrogens with zero attached hydrogens (tertiary/aromatic N) is 1. The van der Waals surface area contributed by atoms with Gasteiger partial charge in [0.1, 0.15) is 5.82 Å². The summed E-state index contributed by atoms with van der Waals surface area (Å²) >= 11 is 0. The van der Waals surface area contributed by atoms with Gasteiger partial charge in [-0.25, -0.2) is 4.39 Å². The van der Waals surface area contributed by atoms with E-state index in [-0.39, 0.29) is 17.6 Å². The van der Waals surface area contributed by atoms with E-state index in [4.69, 9.17) is 5.73 Å². The maximum Gasteiger partial charge on any atom is 0.243 e. The van der Waals surface area contributed by atoms with Crippen molar-refractivity contribution in [3.63, 3.8) is 0 Å². The molecule has 2 N–H and O–H groups in total. The van der Waals surface area contributed by atoms with Gasteiger partial charge in [0.2, 0.25) is 5.91 Å². The normalized spacial score (nSPS) is 12.6. The average Bonchev–Trinajstić information content (AvgIpc) is 2.26. The van der Waals surface area contributed by atoms with Crippen LogP contribution in [0.1, 0.15) is 13.8 Å². The van der Waals surface area contributed by atoms with Crippen LogP contribution in [-0.2, 0) is 4.79 Å². The molecule has 0 aliphatic rings. The minimum atomic E-state index is -0.562. The van der Waals surface area contributed by atoms with Crippen LogP contribution in [0.5, 0.6) is 0 Å². The largest absolute Gasteiger partial charge is 0.320 e. The first-order chi connectivity index (χ1) is 7.43. The predicted octanol–water partition coefficient (Wildman–Crippen LogP) is 1.77. The van der Waals surface area contributed by atoms with Crippen LogP contribution in [0.2, 0.25) is 0 Å². The fourth-order valence-corrected chi connectivity index (χ4v) is 1.32. The van der Waals surface area contributed by atoms with E-state index in [1.165, 1.54) is 17.0 Å². The van der Waals surface area contributed by atoms with Crippen LogP contribution in [0.3, 0.4) is 0 Å². The zero-order chi connectivity index (χ0) is 12.3. The summed E-state index contributed by atoms with van der Waals surface area (Å²) in [5, 5.41) is 0. The summed E-state index contributed by atoms with van der Waals surface area (Å²) in [7, 11) is 1.60. The molecule has 0 heterocycles. The van der Waals surface area contributed by atoms with Gasteiger partial charge in [-0.15, -0.1) is 0 Å². The zero-order valence-corrected chi connectivity index (χ0v) is 9.77. The number of likely N-dealkylation sites (N-methyl/N-ethyl adjacent to an activating group) is 1. The lowest BCUT2D eigenvalue weighted by Gasteiger charge is -2.23. The van der Waals surface area contributed by atoms with Crippen LogP contribution >= 0.6 is 0 Å². The molecule has 0 aliphatic heterocycles. The highest BCUT2D eigenvalue weighted by atomic mass is 19.1. The second kappa shape index (κ2) is 5.07. The Balaban J connectivity index is 2.86. The standard InChI is InChI=1S/C12H17FN2O/c1-8(2)11(14)12(16)15(3)10-6-4-5-9(13)7-10/h4-8,11H,14H2,1-3H3. The molecular weight excluding hydrogens is 207 g/mol. The quantitative estimate of drug-likeness (QED) is 0.850. The van der Waals surface area contributed by atoms with E-state index in [9.17, 15) is 9.18 Å². The molecule has 88 valence electrons. The summed E-state index contributed by atoms with van der Waals surface area (Å²) in [5.74, 6) is -0.514. The molecule has 1 aromatic carbocycles. The first-order valence-electron chi connectivity index (χ1n) is 5.22. The van der Waals surface area contributed by atoms with E-state index in [2.05, 4.69) is 0 Å². The second-order valence-electron chi connectivity index (χ2n) is 4.15. The predicted molar refractivity (Wildman–Crippen MR) is 62.6 cm³/mol. The second-order valence-corrected chi connectivity index (χ2v) is 4.15. The van der Waals surface area contributed by atoms with Gasteiger partial charge >= 0.3 is 0 Å². The summed E-state index contributed by atoms with van der Waals surface area (Å²) in [6.45, 7) is 3.75. The van der Waals surface area contributed by atoms with Gasteiger partial charge in [-0.05, 0) is 24.1 Å². The number of nitrogens with two attached hydrogens (primary N) is 1. The molecular formula is C12H17FN2O. The molecule has 0 radical (unpaired) electrons. The van der Waals surface area contributed by atoms with Crippen LogP contribution in [0.25, 0.3) is 0 Å². The van der Waals surface area contributed by atoms with Crippen molar-refractivity contribution in [1.29, 1.82) is 0 Å². The van der Waals surface area contributed by atoms with Gasteiger partial charge in [-0.3, -0.25) is 4.79 Å². The first-order valence-corrected chi connectivity index (χ1v) is 5.22. The number of halogens is 1. The number of anilines is 1. The molecule has 1 amide bonds. The monoisotopic (exact) mass is 224 g/mol. The number of hydrogen-bond donors (Lipinski definition) is 1. The van der Waals surface area contributed by atoms with Gasteiger partial charge in [0.25, 0.3) is 0 Å². The van der Waals surface area contributed by atoms with Gasteiger partial charge in [0, 0.05) is 12.7 Å². The number of carbonyl (C=O) groups is 1. The minimum Gasteiger partial charge on any atom is -0.320 e. The van der Waals surface area contributed by atoms with E-state index in [1.807, 2.05) is 13.8 Å². The van der Waals surface area contributed by atoms with Crippen molar-refractivity contribution in [2.24, 2.45) is 11.7 Å². The average molecular weight is 224 g/mol. The first kappa shape index (κ1) is 12.6. The maximum absolute atomic E-state index is 13.0. The maximum atomic E-state index is 13.0. The van der Waals surface area contributed by atoms with Gasteiger partial charge in [0.05, 0.1) is 6.04 Å². The number of hydrogen-bond acceptors (Lipinski definition) is 2. The van der Waals surface area contributed by atoms with Gasteiger partial charge in [-0.2, -0.15) is 0 Å². The Labute approximate surface area is 95.0 Å². The van der Waals surface area contributed by atoms with Crippen LogP contribution in [0, 0.1) is 11.7 Å². The molecule has 0 spiro atoms. The summed E-state index contributed by atoms with van der Waals surface area (Å²) in [5.41, 5.74) is 6.27. The Bertz CT molecular complexity index is 379. The van der Waals surface area contributed by atoms with Crippen molar-refractivity contribution in [2.75, 3.05) is 11.9 Å². The molecule has 1 rings (SSSR count). The van der Waals surface area contributed by atoms with E-state index < -0.39 is 6.04 Å². The summed E-state index contributed by atoms with van der Waals surface area (Å²) < 4.78 is 13.0. The van der Waals surface area contributed by atoms with Gasteiger partial charge in [-0.1, -0.05) is 19.9 Å². The van der Waals surface area contributed by atoms with E-state index >= 15 is 0 Å². The zero-order valence-electron chi connectivity index (χ0n) is 9.77. The summed E-state index contributed by atoms with van der Waals surface area (Å²) in [6.07, 6.45) is 0. The Morgan fingerprint density at radius 1 is 1.44 bits per heavy atom. The lowest BCUT2D eigenvalue weighted by molar-refractivity contribution is -0.120. The van der Waals surface area contributed by atoms with Crippen molar-refractivity contribution in [3.05, 3.63) is 30.1 Å². The topological polar surface area (TPSA) is 46.3 Å². The van der Waals surface area contributed by atoms with Gasteiger partial charge in [0.15, 0.2) is 0 Å². The number of rotatable bonds is 3. The molecule has 0 fully saturated rings. The highest BCUT2D eigenvalue weighted by Gasteiger charge is 2.21. The third-order valence-electron chi connectivity index (χ3n) is 2.53. The molecule has 4 heteroatoms. The Hall–Kier alpha value is -1.42. The van der Waals surface area contributed by atoms with Crippen molar-refractivity contribution in [1.82, 2.24) is 0 Å². The lowest BCUT2D eigenvalue weighted by atomic mass is 10.0. The third-order valence-corrected chi connectivity index (χ3v) is 2.53. The minimum absolute atomic E-state index is 0.0588. The smallest absolute Gasteiger partial charge is 0.243 e. The van der Waals surface area contributed by atoms with Crippen LogP contribution in [0.4, 0.5) is 10.1 Å². The number of amides is 1. The van der Waals surface area contributed by atoms with E-state index in [0.29, 0.717) is 5.69 Å². The summed E-state index contributed by atoms with van der Waals surface area (Å²) in [6, 6.07) is 5.33. The van der Waals surface area contributed by atoms with E-state index in [0.717, 1.165) is 0 Å². The molecule has 0 bridgehead atoms.